The van der Waals surface area contributed by atoms with Crippen LogP contribution in [0.2, 0.25) is 5.02 Å². The molecule has 0 radical (unpaired) electrons. The van der Waals surface area contributed by atoms with Gasteiger partial charge in [0.15, 0.2) is 0 Å². The topological polar surface area (TPSA) is 69.9 Å². The molecule has 0 aliphatic rings. The zero-order chi connectivity index (χ0) is 20.1. The molecule has 0 amide bonds. The lowest BCUT2D eigenvalue weighted by Crippen LogP contribution is -2.18. The van der Waals surface area contributed by atoms with Gasteiger partial charge < -0.3 is 18.7 Å². The first-order valence-electron chi connectivity index (χ1n) is 8.60. The van der Waals surface area contributed by atoms with Gasteiger partial charge in [-0.3, -0.25) is 4.90 Å². The number of aromatic nitrogens is 2. The second-order valence-corrected chi connectivity index (χ2v) is 6.64. The van der Waals surface area contributed by atoms with Gasteiger partial charge in [0.25, 0.3) is 0 Å². The van der Waals surface area contributed by atoms with Crippen LogP contribution in [0.15, 0.2) is 40.9 Å². The molecule has 0 atom stereocenters. The highest BCUT2D eigenvalue weighted by Gasteiger charge is 2.16. The van der Waals surface area contributed by atoms with Crippen molar-refractivity contribution in [2.45, 2.75) is 13.1 Å². The standard InChI is InChI=1S/C20H22ClN3O4/c1-24(11-13-9-14(21)5-8-17(13)26-3)12-19-22-20(23-28-19)16-7-6-15(25-2)10-18(16)27-4/h5-10H,11-12H2,1-4H3. The maximum absolute atomic E-state index is 6.10. The number of benzene rings is 2. The lowest BCUT2D eigenvalue weighted by molar-refractivity contribution is 0.257. The molecule has 0 saturated heterocycles. The third-order valence-electron chi connectivity index (χ3n) is 4.21. The Hall–Kier alpha value is -2.77. The molecule has 0 aliphatic carbocycles. The fourth-order valence-corrected chi connectivity index (χ4v) is 3.05. The average Bonchev–Trinajstić information content (AvgIpc) is 3.15. The van der Waals surface area contributed by atoms with Crippen molar-refractivity contribution in [1.82, 2.24) is 15.0 Å². The zero-order valence-corrected chi connectivity index (χ0v) is 17.0. The van der Waals surface area contributed by atoms with E-state index in [0.717, 1.165) is 16.9 Å². The summed E-state index contributed by atoms with van der Waals surface area (Å²) in [5, 5.41) is 4.74. The highest BCUT2D eigenvalue weighted by Crippen LogP contribution is 2.31. The molecule has 3 rings (SSSR count). The SMILES string of the molecule is COc1ccc(-c2noc(CN(C)Cc3cc(Cl)ccc3OC)n2)c(OC)c1. The summed E-state index contributed by atoms with van der Waals surface area (Å²) in [5.41, 5.74) is 1.71. The lowest BCUT2D eigenvalue weighted by atomic mass is 10.2. The molecule has 7 nitrogen and oxygen atoms in total. The predicted molar refractivity (Wildman–Crippen MR) is 106 cm³/mol. The van der Waals surface area contributed by atoms with Crippen LogP contribution in [-0.2, 0) is 13.1 Å². The summed E-state index contributed by atoms with van der Waals surface area (Å²) in [5.74, 6) is 3.05. The van der Waals surface area contributed by atoms with E-state index >= 15 is 0 Å². The van der Waals surface area contributed by atoms with Crippen LogP contribution < -0.4 is 14.2 Å². The van der Waals surface area contributed by atoms with E-state index in [1.54, 1.807) is 33.5 Å². The summed E-state index contributed by atoms with van der Waals surface area (Å²) in [6.07, 6.45) is 0. The first-order chi connectivity index (χ1) is 13.5. The molecule has 1 heterocycles. The fraction of sp³-hybridized carbons (Fsp3) is 0.300. The minimum absolute atomic E-state index is 0.461. The Balaban J connectivity index is 1.74. The largest absolute Gasteiger partial charge is 0.497 e. The molecule has 28 heavy (non-hydrogen) atoms. The molecule has 0 N–H and O–H groups in total. The van der Waals surface area contributed by atoms with Gasteiger partial charge in [-0.1, -0.05) is 16.8 Å². The Labute approximate surface area is 168 Å². The van der Waals surface area contributed by atoms with Gasteiger partial charge in [0.1, 0.15) is 17.2 Å². The molecule has 3 aromatic rings. The molecule has 0 fully saturated rings. The fourth-order valence-electron chi connectivity index (χ4n) is 2.86. The van der Waals surface area contributed by atoms with Crippen LogP contribution in [0.5, 0.6) is 17.2 Å². The smallest absolute Gasteiger partial charge is 0.241 e. The van der Waals surface area contributed by atoms with Crippen molar-refractivity contribution in [1.29, 1.82) is 0 Å². The van der Waals surface area contributed by atoms with Crippen molar-refractivity contribution >= 4 is 11.6 Å². The molecule has 0 aliphatic heterocycles. The molecule has 2 aromatic carbocycles. The van der Waals surface area contributed by atoms with Gasteiger partial charge >= 0.3 is 0 Å². The summed E-state index contributed by atoms with van der Waals surface area (Å²) in [4.78, 5) is 6.53. The number of rotatable bonds is 8. The number of hydrogen-bond donors (Lipinski definition) is 0. The Morgan fingerprint density at radius 3 is 2.46 bits per heavy atom. The van der Waals surface area contributed by atoms with Crippen molar-refractivity contribution < 1.29 is 18.7 Å². The molecule has 1 aromatic heterocycles. The molecule has 148 valence electrons. The predicted octanol–water partition coefficient (Wildman–Crippen LogP) is 4.05. The minimum Gasteiger partial charge on any atom is -0.497 e. The van der Waals surface area contributed by atoms with Gasteiger partial charge in [-0.25, -0.2) is 0 Å². The Morgan fingerprint density at radius 1 is 0.964 bits per heavy atom. The number of ether oxygens (including phenoxy) is 3. The van der Waals surface area contributed by atoms with Crippen molar-refractivity contribution in [3.8, 4) is 28.6 Å². The third-order valence-corrected chi connectivity index (χ3v) is 4.44. The maximum Gasteiger partial charge on any atom is 0.241 e. The van der Waals surface area contributed by atoms with E-state index in [9.17, 15) is 0 Å². The third kappa shape index (κ3) is 4.55. The van der Waals surface area contributed by atoms with Crippen molar-refractivity contribution in [2.75, 3.05) is 28.4 Å². The quantitative estimate of drug-likeness (QED) is 0.562. The zero-order valence-electron chi connectivity index (χ0n) is 16.2. The monoisotopic (exact) mass is 403 g/mol. The van der Waals surface area contributed by atoms with Gasteiger partial charge in [-0.05, 0) is 37.4 Å². The summed E-state index contributed by atoms with van der Waals surface area (Å²) < 4.78 is 21.4. The van der Waals surface area contributed by atoms with Gasteiger partial charge in [0.05, 0.1) is 33.4 Å². The maximum atomic E-state index is 6.10. The molecule has 0 bridgehead atoms. The van der Waals surface area contributed by atoms with E-state index in [0.29, 0.717) is 41.3 Å². The number of hydrogen-bond acceptors (Lipinski definition) is 7. The van der Waals surface area contributed by atoms with Gasteiger partial charge in [0, 0.05) is 23.2 Å². The van der Waals surface area contributed by atoms with E-state index in [4.69, 9.17) is 30.3 Å². The summed E-state index contributed by atoms with van der Waals surface area (Å²) in [6.45, 7) is 1.09. The Kier molecular flexibility index (Phi) is 6.38. The van der Waals surface area contributed by atoms with E-state index < -0.39 is 0 Å². The highest BCUT2D eigenvalue weighted by molar-refractivity contribution is 6.30. The first kappa shape index (κ1) is 20.0. The molecular formula is C20H22ClN3O4. The summed E-state index contributed by atoms with van der Waals surface area (Å²) in [7, 11) is 6.79. The first-order valence-corrected chi connectivity index (χ1v) is 8.97. The molecule has 8 heteroatoms. The molecule has 0 saturated carbocycles. The van der Waals surface area contributed by atoms with Crippen LogP contribution in [0.25, 0.3) is 11.4 Å². The van der Waals surface area contributed by atoms with Crippen LogP contribution in [0.3, 0.4) is 0 Å². The van der Waals surface area contributed by atoms with Gasteiger partial charge in [-0.2, -0.15) is 4.98 Å². The van der Waals surface area contributed by atoms with Crippen molar-refractivity contribution in [3.05, 3.63) is 52.9 Å². The number of nitrogens with zero attached hydrogens (tertiary/aromatic N) is 3. The molecule has 0 spiro atoms. The average molecular weight is 404 g/mol. The normalized spacial score (nSPS) is 10.9. The van der Waals surface area contributed by atoms with Crippen LogP contribution in [-0.4, -0.2) is 43.4 Å². The minimum atomic E-state index is 0.461. The second kappa shape index (κ2) is 8.95. The van der Waals surface area contributed by atoms with Gasteiger partial charge in [0.2, 0.25) is 11.7 Å². The van der Waals surface area contributed by atoms with E-state index in [2.05, 4.69) is 10.1 Å². The van der Waals surface area contributed by atoms with Crippen LogP contribution in [0, 0.1) is 0 Å². The summed E-state index contributed by atoms with van der Waals surface area (Å²) >= 11 is 6.10. The van der Waals surface area contributed by atoms with Crippen molar-refractivity contribution in [3.63, 3.8) is 0 Å². The highest BCUT2D eigenvalue weighted by atomic mass is 35.5. The van der Waals surface area contributed by atoms with E-state index in [-0.39, 0.29) is 0 Å². The van der Waals surface area contributed by atoms with E-state index in [1.165, 1.54) is 0 Å². The molecular weight excluding hydrogens is 382 g/mol. The van der Waals surface area contributed by atoms with Crippen molar-refractivity contribution in [2.24, 2.45) is 0 Å². The van der Waals surface area contributed by atoms with Crippen LogP contribution in [0.4, 0.5) is 0 Å². The Bertz CT molecular complexity index is 945. The summed E-state index contributed by atoms with van der Waals surface area (Å²) in [6, 6.07) is 11.0. The number of halogens is 1. The number of methoxy groups -OCH3 is 3. The van der Waals surface area contributed by atoms with E-state index in [1.807, 2.05) is 36.2 Å². The van der Waals surface area contributed by atoms with Gasteiger partial charge in [-0.15, -0.1) is 0 Å². The second-order valence-electron chi connectivity index (χ2n) is 6.21. The lowest BCUT2D eigenvalue weighted by Gasteiger charge is -2.16. The molecule has 0 unspecified atom stereocenters. The Morgan fingerprint density at radius 2 is 1.75 bits per heavy atom. The van der Waals surface area contributed by atoms with Crippen LogP contribution >= 0.6 is 11.6 Å². The van der Waals surface area contributed by atoms with Crippen LogP contribution in [0.1, 0.15) is 11.5 Å².